The summed E-state index contributed by atoms with van der Waals surface area (Å²) in [7, 11) is 0. The lowest BCUT2D eigenvalue weighted by Crippen LogP contribution is -2.02. The van der Waals surface area contributed by atoms with Crippen LogP contribution in [-0.4, -0.2) is 19.0 Å². The topological polar surface area (TPSA) is 26.3 Å². The molecule has 0 radical (unpaired) electrons. The number of Topliss-reactive ketones (excluding diaryl/α,β-unsaturated/α-hetero) is 1. The van der Waals surface area contributed by atoms with Crippen molar-refractivity contribution in [1.29, 1.82) is 0 Å². The molecule has 0 amide bonds. The van der Waals surface area contributed by atoms with Gasteiger partial charge >= 0.3 is 0 Å². The Morgan fingerprint density at radius 1 is 0.789 bits per heavy atom. The Morgan fingerprint density at radius 3 is 1.95 bits per heavy atom. The smallest absolute Gasteiger partial charge is 0.132 e. The third kappa shape index (κ3) is 15.6. The van der Waals surface area contributed by atoms with Gasteiger partial charge in [-0.15, -0.1) is 0 Å². The van der Waals surface area contributed by atoms with E-state index in [0.717, 1.165) is 51.2 Å². The van der Waals surface area contributed by atoms with Gasteiger partial charge in [0.2, 0.25) is 0 Å². The normalized spacial score (nSPS) is 11.5. The zero-order valence-electron chi connectivity index (χ0n) is 13.5. The molecular formula is C17H34O2. The van der Waals surface area contributed by atoms with Crippen LogP contribution in [0.15, 0.2) is 0 Å². The average Bonchev–Trinajstić information content (AvgIpc) is 2.34. The molecule has 0 N–H and O–H groups in total. The van der Waals surface area contributed by atoms with Crippen LogP contribution in [0.5, 0.6) is 0 Å². The van der Waals surface area contributed by atoms with Gasteiger partial charge in [-0.2, -0.15) is 0 Å². The summed E-state index contributed by atoms with van der Waals surface area (Å²) in [6.07, 6.45) is 8.29. The monoisotopic (exact) mass is 270 g/mol. The summed E-state index contributed by atoms with van der Waals surface area (Å²) >= 11 is 0. The molecule has 0 saturated heterocycles. The van der Waals surface area contributed by atoms with Gasteiger partial charge in [-0.1, -0.05) is 40.5 Å². The first kappa shape index (κ1) is 18.6. The van der Waals surface area contributed by atoms with E-state index in [1.54, 1.807) is 0 Å². The Kier molecular flexibility index (Phi) is 12.4. The number of carbonyl (C=O) groups is 1. The highest BCUT2D eigenvalue weighted by Gasteiger charge is 2.03. The van der Waals surface area contributed by atoms with E-state index in [2.05, 4.69) is 27.7 Å². The van der Waals surface area contributed by atoms with Gasteiger partial charge in [0.05, 0.1) is 0 Å². The van der Waals surface area contributed by atoms with Gasteiger partial charge < -0.3 is 4.74 Å². The van der Waals surface area contributed by atoms with Crippen LogP contribution in [0.25, 0.3) is 0 Å². The second-order valence-electron chi connectivity index (χ2n) is 6.43. The first-order chi connectivity index (χ1) is 9.02. The van der Waals surface area contributed by atoms with Gasteiger partial charge in [0.15, 0.2) is 0 Å². The van der Waals surface area contributed by atoms with Crippen LogP contribution in [0.1, 0.15) is 79.1 Å². The molecule has 0 heterocycles. The van der Waals surface area contributed by atoms with E-state index in [-0.39, 0.29) is 0 Å². The van der Waals surface area contributed by atoms with Crippen molar-refractivity contribution in [2.24, 2.45) is 11.8 Å². The Morgan fingerprint density at radius 2 is 1.37 bits per heavy atom. The van der Waals surface area contributed by atoms with Gasteiger partial charge in [0, 0.05) is 26.1 Å². The van der Waals surface area contributed by atoms with E-state index in [1.165, 1.54) is 19.3 Å². The van der Waals surface area contributed by atoms with E-state index in [1.807, 2.05) is 0 Å². The first-order valence-corrected chi connectivity index (χ1v) is 8.11. The molecule has 0 aromatic rings. The standard InChI is InChI=1S/C17H34O2/c1-15(2)9-5-7-13-19-14-8-6-10-17(18)12-11-16(3)4/h15-16H,5-14H2,1-4H3. The van der Waals surface area contributed by atoms with Crippen LogP contribution in [0.4, 0.5) is 0 Å². The van der Waals surface area contributed by atoms with E-state index in [9.17, 15) is 4.79 Å². The van der Waals surface area contributed by atoms with Crippen LogP contribution in [0.3, 0.4) is 0 Å². The third-order valence-electron chi connectivity index (χ3n) is 3.31. The quantitative estimate of drug-likeness (QED) is 0.440. The first-order valence-electron chi connectivity index (χ1n) is 8.11. The fourth-order valence-electron chi connectivity index (χ4n) is 1.96. The van der Waals surface area contributed by atoms with Gasteiger partial charge in [-0.25, -0.2) is 0 Å². The lowest BCUT2D eigenvalue weighted by atomic mass is 10.0. The van der Waals surface area contributed by atoms with Crippen LogP contribution < -0.4 is 0 Å². The van der Waals surface area contributed by atoms with Crippen molar-refractivity contribution in [2.75, 3.05) is 13.2 Å². The number of hydrogen-bond acceptors (Lipinski definition) is 2. The summed E-state index contributed by atoms with van der Waals surface area (Å²) in [5.74, 6) is 1.86. The fourth-order valence-corrected chi connectivity index (χ4v) is 1.96. The van der Waals surface area contributed by atoms with Crippen molar-refractivity contribution in [3.63, 3.8) is 0 Å². The van der Waals surface area contributed by atoms with Gasteiger partial charge in [0.25, 0.3) is 0 Å². The van der Waals surface area contributed by atoms with Crippen LogP contribution in [-0.2, 0) is 9.53 Å². The average molecular weight is 270 g/mol. The Balaban J connectivity index is 3.16. The van der Waals surface area contributed by atoms with Gasteiger partial charge in [0.1, 0.15) is 5.78 Å². The van der Waals surface area contributed by atoms with Crippen molar-refractivity contribution < 1.29 is 9.53 Å². The lowest BCUT2D eigenvalue weighted by Gasteiger charge is -2.06. The van der Waals surface area contributed by atoms with E-state index in [0.29, 0.717) is 11.7 Å². The number of carbonyl (C=O) groups excluding carboxylic acids is 1. The maximum Gasteiger partial charge on any atom is 0.132 e. The van der Waals surface area contributed by atoms with Crippen LogP contribution in [0.2, 0.25) is 0 Å². The molecule has 19 heavy (non-hydrogen) atoms. The second kappa shape index (κ2) is 12.7. The Labute approximate surface area is 120 Å². The molecule has 0 aliphatic carbocycles. The van der Waals surface area contributed by atoms with E-state index in [4.69, 9.17) is 4.74 Å². The molecule has 2 heteroatoms. The summed E-state index contributed by atoms with van der Waals surface area (Å²) in [6, 6.07) is 0. The molecule has 114 valence electrons. The van der Waals surface area contributed by atoms with Crippen molar-refractivity contribution in [1.82, 2.24) is 0 Å². The SMILES string of the molecule is CC(C)CCCCOCCCCC(=O)CCC(C)C. The minimum atomic E-state index is 0.422. The number of hydrogen-bond donors (Lipinski definition) is 0. The third-order valence-corrected chi connectivity index (χ3v) is 3.31. The van der Waals surface area contributed by atoms with E-state index >= 15 is 0 Å². The Bertz CT molecular complexity index is 209. The molecule has 0 aromatic heterocycles. The molecule has 0 bridgehead atoms. The highest BCUT2D eigenvalue weighted by atomic mass is 16.5. The van der Waals surface area contributed by atoms with Crippen molar-refractivity contribution in [3.8, 4) is 0 Å². The van der Waals surface area contributed by atoms with Crippen LogP contribution in [0, 0.1) is 11.8 Å². The minimum absolute atomic E-state index is 0.422. The summed E-state index contributed by atoms with van der Waals surface area (Å²) < 4.78 is 5.58. The molecule has 2 nitrogen and oxygen atoms in total. The highest BCUT2D eigenvalue weighted by molar-refractivity contribution is 5.78. The van der Waals surface area contributed by atoms with Crippen molar-refractivity contribution in [3.05, 3.63) is 0 Å². The molecule has 0 aromatic carbocycles. The maximum atomic E-state index is 11.5. The molecular weight excluding hydrogens is 236 g/mol. The predicted molar refractivity (Wildman–Crippen MR) is 82.4 cm³/mol. The lowest BCUT2D eigenvalue weighted by molar-refractivity contribution is -0.119. The largest absolute Gasteiger partial charge is 0.381 e. The molecule has 0 aliphatic rings. The zero-order valence-corrected chi connectivity index (χ0v) is 13.5. The summed E-state index contributed by atoms with van der Waals surface area (Å²) in [5, 5.41) is 0. The maximum absolute atomic E-state index is 11.5. The minimum Gasteiger partial charge on any atom is -0.381 e. The number of rotatable bonds is 13. The molecule has 0 unspecified atom stereocenters. The summed E-state index contributed by atoms with van der Waals surface area (Å²) in [6.45, 7) is 10.6. The molecule has 0 rings (SSSR count). The highest BCUT2D eigenvalue weighted by Crippen LogP contribution is 2.08. The van der Waals surface area contributed by atoms with Gasteiger partial charge in [-0.3, -0.25) is 4.79 Å². The zero-order chi connectivity index (χ0) is 14.5. The predicted octanol–water partition coefficient (Wildman–Crippen LogP) is 5.00. The van der Waals surface area contributed by atoms with Gasteiger partial charge in [-0.05, 0) is 37.5 Å². The van der Waals surface area contributed by atoms with Crippen molar-refractivity contribution in [2.45, 2.75) is 79.1 Å². The molecule has 0 aliphatic heterocycles. The second-order valence-corrected chi connectivity index (χ2v) is 6.43. The van der Waals surface area contributed by atoms with E-state index < -0.39 is 0 Å². The van der Waals surface area contributed by atoms with Crippen molar-refractivity contribution >= 4 is 5.78 Å². The summed E-state index contributed by atoms with van der Waals surface area (Å²) in [4.78, 5) is 11.5. The van der Waals surface area contributed by atoms with Crippen LogP contribution >= 0.6 is 0 Å². The molecule has 0 spiro atoms. The Hall–Kier alpha value is -0.370. The number of ether oxygens (including phenoxy) is 1. The molecule has 0 fully saturated rings. The summed E-state index contributed by atoms with van der Waals surface area (Å²) in [5.41, 5.74) is 0. The number of unbranched alkanes of at least 4 members (excludes halogenated alkanes) is 2. The molecule has 0 saturated carbocycles. The fraction of sp³-hybridized carbons (Fsp3) is 0.941. The molecule has 0 atom stereocenters. The number of ketones is 1.